The molecular weight excluding hydrogens is 274 g/mol. The van der Waals surface area contributed by atoms with Crippen LogP contribution in [0.1, 0.15) is 31.9 Å². The molecule has 0 saturated heterocycles. The van der Waals surface area contributed by atoms with E-state index in [4.69, 9.17) is 17.0 Å². The number of H-pyrrole nitrogens is 1. The number of hydrogen-bond acceptors (Lipinski definition) is 3. The molecule has 2 nitrogen and oxygen atoms in total. The van der Waals surface area contributed by atoms with Crippen molar-refractivity contribution in [3.8, 4) is 16.2 Å². The Morgan fingerprint density at radius 3 is 2.74 bits per heavy atom. The Morgan fingerprint density at radius 1 is 1.26 bits per heavy atom. The average molecular weight is 293 g/mol. The summed E-state index contributed by atoms with van der Waals surface area (Å²) < 4.78 is 6.73. The number of unbranched alkanes of at least 4 members (excludes halogenated alkanes) is 2. The fraction of sp³-hybridized carbons (Fsp3) is 0.400. The second kappa shape index (κ2) is 6.87. The minimum absolute atomic E-state index is 0.778. The summed E-state index contributed by atoms with van der Waals surface area (Å²) in [7, 11) is 0. The van der Waals surface area contributed by atoms with Gasteiger partial charge in [0, 0.05) is 11.3 Å². The van der Waals surface area contributed by atoms with Gasteiger partial charge in [0.05, 0.1) is 11.5 Å². The normalized spacial score (nSPS) is 10.6. The standard InChI is InChI=1S/C15H19NOS2/c1-3-4-7-10-17-13-9-6-5-8-12(13)14-11(2)16-15(18)19-14/h5-6,8-9H,3-4,7,10H2,1-2H3,(H,16,18). The van der Waals surface area contributed by atoms with E-state index >= 15 is 0 Å². The molecule has 0 aliphatic heterocycles. The first kappa shape index (κ1) is 14.3. The van der Waals surface area contributed by atoms with Crippen LogP contribution in [0.2, 0.25) is 0 Å². The SMILES string of the molecule is CCCCCOc1ccccc1-c1sc(=S)[nH]c1C. The third-order valence-electron chi connectivity index (χ3n) is 2.96. The van der Waals surface area contributed by atoms with Crippen molar-refractivity contribution in [1.29, 1.82) is 0 Å². The van der Waals surface area contributed by atoms with Crippen LogP contribution in [0.4, 0.5) is 0 Å². The Labute approximate surface area is 123 Å². The smallest absolute Gasteiger partial charge is 0.159 e. The molecule has 102 valence electrons. The number of ether oxygens (including phenoxy) is 1. The van der Waals surface area contributed by atoms with Gasteiger partial charge in [-0.25, -0.2) is 0 Å². The third-order valence-corrected chi connectivity index (χ3v) is 4.33. The summed E-state index contributed by atoms with van der Waals surface area (Å²) in [6.45, 7) is 5.03. The predicted octanol–water partition coefficient (Wildman–Crippen LogP) is 5.35. The van der Waals surface area contributed by atoms with Gasteiger partial charge in [-0.3, -0.25) is 0 Å². The lowest BCUT2D eigenvalue weighted by atomic mass is 10.1. The van der Waals surface area contributed by atoms with Crippen LogP contribution in [-0.4, -0.2) is 11.6 Å². The van der Waals surface area contributed by atoms with Crippen LogP contribution in [0.25, 0.3) is 10.4 Å². The summed E-state index contributed by atoms with van der Waals surface area (Å²) in [4.78, 5) is 4.36. The van der Waals surface area contributed by atoms with Crippen LogP contribution >= 0.6 is 23.6 Å². The molecule has 0 radical (unpaired) electrons. The van der Waals surface area contributed by atoms with Gasteiger partial charge in [0.15, 0.2) is 3.95 Å². The molecule has 19 heavy (non-hydrogen) atoms. The number of thiazole rings is 1. The summed E-state index contributed by atoms with van der Waals surface area (Å²) in [6, 6.07) is 8.18. The maximum absolute atomic E-state index is 5.92. The Hall–Kier alpha value is -1.13. The number of benzene rings is 1. The summed E-state index contributed by atoms with van der Waals surface area (Å²) in [5.41, 5.74) is 2.24. The van der Waals surface area contributed by atoms with E-state index < -0.39 is 0 Å². The molecular formula is C15H19NOS2. The first-order chi connectivity index (χ1) is 9.22. The quantitative estimate of drug-likeness (QED) is 0.573. The molecule has 1 heterocycles. The van der Waals surface area contributed by atoms with E-state index in [1.54, 1.807) is 11.3 Å². The molecule has 0 atom stereocenters. The second-order valence-electron chi connectivity index (χ2n) is 4.52. The number of para-hydroxylation sites is 1. The van der Waals surface area contributed by atoms with E-state index in [-0.39, 0.29) is 0 Å². The molecule has 2 aromatic rings. The van der Waals surface area contributed by atoms with Gasteiger partial charge < -0.3 is 9.72 Å². The molecule has 0 bridgehead atoms. The number of nitrogens with one attached hydrogen (secondary N) is 1. The van der Waals surface area contributed by atoms with Crippen molar-refractivity contribution in [3.63, 3.8) is 0 Å². The zero-order chi connectivity index (χ0) is 13.7. The minimum atomic E-state index is 0.778. The second-order valence-corrected chi connectivity index (χ2v) is 6.21. The highest BCUT2D eigenvalue weighted by Gasteiger charge is 2.10. The van der Waals surface area contributed by atoms with Crippen molar-refractivity contribution < 1.29 is 4.74 Å². The van der Waals surface area contributed by atoms with Gasteiger partial charge >= 0.3 is 0 Å². The lowest BCUT2D eigenvalue weighted by Gasteiger charge is -2.10. The number of aromatic nitrogens is 1. The Bertz CT molecular complexity index is 586. The molecule has 2 rings (SSSR count). The van der Waals surface area contributed by atoms with Crippen LogP contribution in [0.5, 0.6) is 5.75 Å². The van der Waals surface area contributed by atoms with E-state index in [0.29, 0.717) is 0 Å². The molecule has 0 aliphatic carbocycles. The lowest BCUT2D eigenvalue weighted by Crippen LogP contribution is -1.98. The topological polar surface area (TPSA) is 25.0 Å². The van der Waals surface area contributed by atoms with Crippen LogP contribution in [0.15, 0.2) is 24.3 Å². The largest absolute Gasteiger partial charge is 0.493 e. The van der Waals surface area contributed by atoms with Crippen LogP contribution < -0.4 is 4.74 Å². The molecule has 0 saturated carbocycles. The van der Waals surface area contributed by atoms with Gasteiger partial charge in [-0.2, -0.15) is 0 Å². The van der Waals surface area contributed by atoms with E-state index in [1.807, 2.05) is 18.2 Å². The van der Waals surface area contributed by atoms with Crippen molar-refractivity contribution in [3.05, 3.63) is 33.9 Å². The van der Waals surface area contributed by atoms with Gasteiger partial charge in [-0.05, 0) is 37.7 Å². The highest BCUT2D eigenvalue weighted by Crippen LogP contribution is 2.35. The molecule has 1 aromatic carbocycles. The molecule has 0 spiro atoms. The van der Waals surface area contributed by atoms with Gasteiger partial charge in [-0.15, -0.1) is 11.3 Å². The Kier molecular flexibility index (Phi) is 5.16. The average Bonchev–Trinajstić information content (AvgIpc) is 2.74. The first-order valence-electron chi connectivity index (χ1n) is 6.64. The van der Waals surface area contributed by atoms with Gasteiger partial charge in [-0.1, -0.05) is 31.9 Å². The van der Waals surface area contributed by atoms with E-state index in [1.165, 1.54) is 17.7 Å². The number of hydrogen-bond donors (Lipinski definition) is 1. The molecule has 0 amide bonds. The zero-order valence-electron chi connectivity index (χ0n) is 11.4. The van der Waals surface area contributed by atoms with E-state index in [2.05, 4.69) is 24.9 Å². The molecule has 0 unspecified atom stereocenters. The first-order valence-corrected chi connectivity index (χ1v) is 7.86. The fourth-order valence-electron chi connectivity index (χ4n) is 1.98. The highest BCUT2D eigenvalue weighted by atomic mass is 32.1. The van der Waals surface area contributed by atoms with Gasteiger partial charge in [0.1, 0.15) is 5.75 Å². The summed E-state index contributed by atoms with van der Waals surface area (Å²) >= 11 is 6.81. The maximum atomic E-state index is 5.92. The van der Waals surface area contributed by atoms with Crippen LogP contribution in [0, 0.1) is 10.9 Å². The molecule has 0 fully saturated rings. The zero-order valence-corrected chi connectivity index (χ0v) is 13.0. The summed E-state index contributed by atoms with van der Waals surface area (Å²) in [5, 5.41) is 0. The predicted molar refractivity (Wildman–Crippen MR) is 84.7 cm³/mol. The van der Waals surface area contributed by atoms with Crippen molar-refractivity contribution in [2.75, 3.05) is 6.61 Å². The Balaban J connectivity index is 2.21. The van der Waals surface area contributed by atoms with Gasteiger partial charge in [0.25, 0.3) is 0 Å². The van der Waals surface area contributed by atoms with Crippen molar-refractivity contribution in [1.82, 2.24) is 4.98 Å². The van der Waals surface area contributed by atoms with Crippen molar-refractivity contribution in [2.45, 2.75) is 33.1 Å². The monoisotopic (exact) mass is 293 g/mol. The van der Waals surface area contributed by atoms with Crippen LogP contribution in [0.3, 0.4) is 0 Å². The number of rotatable bonds is 6. The molecule has 4 heteroatoms. The molecule has 1 aromatic heterocycles. The summed E-state index contributed by atoms with van der Waals surface area (Å²) in [6.07, 6.45) is 3.53. The maximum Gasteiger partial charge on any atom is 0.159 e. The van der Waals surface area contributed by atoms with E-state index in [0.717, 1.165) is 34.0 Å². The van der Waals surface area contributed by atoms with E-state index in [9.17, 15) is 0 Å². The third kappa shape index (κ3) is 3.67. The van der Waals surface area contributed by atoms with Crippen molar-refractivity contribution >= 4 is 23.6 Å². The molecule has 1 N–H and O–H groups in total. The Morgan fingerprint density at radius 2 is 2.05 bits per heavy atom. The fourth-order valence-corrected chi connectivity index (χ4v) is 3.25. The number of aromatic amines is 1. The van der Waals surface area contributed by atoms with Crippen LogP contribution in [-0.2, 0) is 0 Å². The minimum Gasteiger partial charge on any atom is -0.493 e. The number of aryl methyl sites for hydroxylation is 1. The lowest BCUT2D eigenvalue weighted by molar-refractivity contribution is 0.307. The van der Waals surface area contributed by atoms with Gasteiger partial charge in [0.2, 0.25) is 0 Å². The molecule has 0 aliphatic rings. The summed E-state index contributed by atoms with van der Waals surface area (Å²) in [5.74, 6) is 0.951. The van der Waals surface area contributed by atoms with Crippen molar-refractivity contribution in [2.24, 2.45) is 0 Å². The highest BCUT2D eigenvalue weighted by molar-refractivity contribution is 7.73.